The Morgan fingerprint density at radius 2 is 2.09 bits per heavy atom. The lowest BCUT2D eigenvalue weighted by Crippen LogP contribution is -2.39. The molecule has 1 N–H and O–H groups in total. The van der Waals surface area contributed by atoms with Crippen LogP contribution in [0.25, 0.3) is 11.0 Å². The Bertz CT molecular complexity index is 758. The van der Waals surface area contributed by atoms with Gasteiger partial charge < -0.3 is 9.73 Å². The van der Waals surface area contributed by atoms with Crippen molar-refractivity contribution in [2.45, 2.75) is 19.9 Å². The van der Waals surface area contributed by atoms with Crippen LogP contribution in [0, 0.1) is 18.8 Å². The first-order valence-electron chi connectivity index (χ1n) is 8.15. The summed E-state index contributed by atoms with van der Waals surface area (Å²) in [6, 6.07) is 7.77. The van der Waals surface area contributed by atoms with Crippen LogP contribution < -0.4 is 10.9 Å². The van der Waals surface area contributed by atoms with E-state index >= 15 is 0 Å². The molecule has 4 rings (SSSR count). The van der Waals surface area contributed by atoms with Crippen molar-refractivity contribution in [3.05, 3.63) is 45.8 Å². The van der Waals surface area contributed by atoms with Gasteiger partial charge in [0.1, 0.15) is 5.58 Å². The van der Waals surface area contributed by atoms with Crippen LogP contribution in [-0.4, -0.2) is 31.1 Å². The van der Waals surface area contributed by atoms with Crippen LogP contribution in [0.4, 0.5) is 0 Å². The van der Waals surface area contributed by atoms with Gasteiger partial charge in [-0.15, -0.1) is 12.4 Å². The normalized spacial score (nSPS) is 24.4. The van der Waals surface area contributed by atoms with E-state index in [0.29, 0.717) is 5.58 Å². The Hall–Kier alpha value is -1.36. The van der Waals surface area contributed by atoms with E-state index in [4.69, 9.17) is 4.42 Å². The van der Waals surface area contributed by atoms with E-state index in [9.17, 15) is 4.79 Å². The molecule has 23 heavy (non-hydrogen) atoms. The summed E-state index contributed by atoms with van der Waals surface area (Å²) in [5.74, 6) is 1.61. The van der Waals surface area contributed by atoms with Gasteiger partial charge in [0, 0.05) is 24.5 Å². The van der Waals surface area contributed by atoms with Gasteiger partial charge in [0.15, 0.2) is 0 Å². The van der Waals surface area contributed by atoms with E-state index in [1.807, 2.05) is 13.0 Å². The van der Waals surface area contributed by atoms with Crippen LogP contribution in [0.5, 0.6) is 0 Å². The number of nitrogens with one attached hydrogen (secondary N) is 1. The maximum Gasteiger partial charge on any atom is 0.336 e. The zero-order valence-corrected chi connectivity index (χ0v) is 14.2. The Balaban J connectivity index is 0.00000156. The fraction of sp³-hybridized carbons (Fsp3) is 0.500. The molecule has 2 aliphatic rings. The number of benzene rings is 1. The molecule has 0 amide bonds. The average molecular weight is 335 g/mol. The van der Waals surface area contributed by atoms with Crippen molar-refractivity contribution in [3.8, 4) is 0 Å². The van der Waals surface area contributed by atoms with Gasteiger partial charge in [-0.25, -0.2) is 4.79 Å². The highest BCUT2D eigenvalue weighted by Crippen LogP contribution is 2.28. The van der Waals surface area contributed by atoms with Crippen molar-refractivity contribution < 1.29 is 4.42 Å². The SMILES string of the molecule is Cc1ccc2c(CN3CCC4CNCC4C3)cc(=O)oc2c1.Cl. The maximum atomic E-state index is 11.8. The molecule has 0 saturated carbocycles. The van der Waals surface area contributed by atoms with E-state index < -0.39 is 0 Å². The highest BCUT2D eigenvalue weighted by molar-refractivity contribution is 5.85. The van der Waals surface area contributed by atoms with Crippen LogP contribution in [-0.2, 0) is 6.54 Å². The van der Waals surface area contributed by atoms with Crippen LogP contribution in [0.3, 0.4) is 0 Å². The lowest BCUT2D eigenvalue weighted by molar-refractivity contribution is 0.142. The van der Waals surface area contributed by atoms with Crippen LogP contribution in [0.15, 0.2) is 33.5 Å². The number of hydrogen-bond donors (Lipinski definition) is 1. The molecule has 5 heteroatoms. The first-order chi connectivity index (χ1) is 10.7. The van der Waals surface area contributed by atoms with E-state index in [0.717, 1.165) is 54.5 Å². The smallest absolute Gasteiger partial charge is 0.336 e. The second-order valence-corrected chi connectivity index (χ2v) is 6.79. The van der Waals surface area contributed by atoms with Gasteiger partial charge in [-0.1, -0.05) is 12.1 Å². The molecule has 0 spiro atoms. The predicted molar refractivity (Wildman–Crippen MR) is 94.2 cm³/mol. The van der Waals surface area contributed by atoms with Gasteiger partial charge >= 0.3 is 5.63 Å². The number of nitrogens with zero attached hydrogens (tertiary/aromatic N) is 1. The number of likely N-dealkylation sites (tertiary alicyclic amines) is 1. The molecule has 1 aromatic carbocycles. The van der Waals surface area contributed by atoms with E-state index in [1.165, 1.54) is 13.0 Å². The summed E-state index contributed by atoms with van der Waals surface area (Å²) in [6.07, 6.45) is 1.26. The first kappa shape index (κ1) is 16.5. The first-order valence-corrected chi connectivity index (χ1v) is 8.15. The van der Waals surface area contributed by atoms with Gasteiger partial charge in [-0.05, 0) is 62.0 Å². The quantitative estimate of drug-likeness (QED) is 0.857. The highest BCUT2D eigenvalue weighted by Gasteiger charge is 2.32. The van der Waals surface area contributed by atoms with Crippen LogP contribution >= 0.6 is 12.4 Å². The molecule has 1 aromatic heterocycles. The van der Waals surface area contributed by atoms with E-state index in [2.05, 4.69) is 22.3 Å². The highest BCUT2D eigenvalue weighted by atomic mass is 35.5. The molecule has 0 bridgehead atoms. The molecular weight excluding hydrogens is 312 g/mol. The minimum absolute atomic E-state index is 0. The van der Waals surface area contributed by atoms with Gasteiger partial charge in [-0.2, -0.15) is 0 Å². The molecule has 3 heterocycles. The van der Waals surface area contributed by atoms with Crippen LogP contribution in [0.2, 0.25) is 0 Å². The topological polar surface area (TPSA) is 45.5 Å². The summed E-state index contributed by atoms with van der Waals surface area (Å²) >= 11 is 0. The number of hydrogen-bond acceptors (Lipinski definition) is 4. The number of piperidine rings is 1. The number of aryl methyl sites for hydroxylation is 1. The zero-order valence-electron chi connectivity index (χ0n) is 13.4. The summed E-state index contributed by atoms with van der Waals surface area (Å²) in [5, 5.41) is 4.57. The second kappa shape index (κ2) is 6.63. The van der Waals surface area contributed by atoms with Gasteiger partial charge in [-0.3, -0.25) is 4.90 Å². The van der Waals surface area contributed by atoms with Gasteiger partial charge in [0.2, 0.25) is 0 Å². The molecule has 2 atom stereocenters. The maximum absolute atomic E-state index is 11.8. The minimum atomic E-state index is -0.245. The molecule has 0 radical (unpaired) electrons. The average Bonchev–Trinajstić information content (AvgIpc) is 2.94. The Morgan fingerprint density at radius 1 is 1.26 bits per heavy atom. The van der Waals surface area contributed by atoms with Crippen molar-refractivity contribution in [2.24, 2.45) is 11.8 Å². The third kappa shape index (κ3) is 3.30. The summed E-state index contributed by atoms with van der Waals surface area (Å²) in [5.41, 5.74) is 2.67. The number of halogens is 1. The van der Waals surface area contributed by atoms with E-state index in [1.54, 1.807) is 6.07 Å². The van der Waals surface area contributed by atoms with E-state index in [-0.39, 0.29) is 18.0 Å². The molecule has 2 saturated heterocycles. The van der Waals surface area contributed by atoms with Crippen molar-refractivity contribution in [1.82, 2.24) is 10.2 Å². The standard InChI is InChI=1S/C18H22N2O2.ClH/c1-12-2-3-16-14(7-18(21)22-17(16)6-12)10-20-5-4-13-8-19-9-15(13)11-20;/h2-3,6-7,13,15,19H,4-5,8-11H2,1H3;1H. The lowest BCUT2D eigenvalue weighted by Gasteiger charge is -2.34. The molecule has 124 valence electrons. The number of rotatable bonds is 2. The Kier molecular flexibility index (Phi) is 4.76. The molecule has 2 fully saturated rings. The predicted octanol–water partition coefficient (Wildman–Crippen LogP) is 2.56. The van der Waals surface area contributed by atoms with Crippen molar-refractivity contribution >= 4 is 23.4 Å². The molecular formula is C18H23ClN2O2. The molecule has 2 aliphatic heterocycles. The largest absolute Gasteiger partial charge is 0.423 e. The number of fused-ring (bicyclic) bond motifs is 2. The molecule has 0 aliphatic carbocycles. The summed E-state index contributed by atoms with van der Waals surface area (Å²) in [4.78, 5) is 14.3. The van der Waals surface area contributed by atoms with Crippen LogP contribution in [0.1, 0.15) is 17.5 Å². The summed E-state index contributed by atoms with van der Waals surface area (Å²) in [7, 11) is 0. The summed E-state index contributed by atoms with van der Waals surface area (Å²) in [6.45, 7) is 7.42. The fourth-order valence-corrected chi connectivity index (χ4v) is 3.96. The second-order valence-electron chi connectivity index (χ2n) is 6.79. The van der Waals surface area contributed by atoms with Crippen molar-refractivity contribution in [1.29, 1.82) is 0 Å². The monoisotopic (exact) mass is 334 g/mol. The molecule has 2 aromatic rings. The van der Waals surface area contributed by atoms with Gasteiger partial charge in [0.05, 0.1) is 0 Å². The lowest BCUT2D eigenvalue weighted by atomic mass is 9.88. The Morgan fingerprint density at radius 3 is 2.96 bits per heavy atom. The fourth-order valence-electron chi connectivity index (χ4n) is 3.96. The third-order valence-electron chi connectivity index (χ3n) is 5.17. The van der Waals surface area contributed by atoms with Gasteiger partial charge in [0.25, 0.3) is 0 Å². The summed E-state index contributed by atoms with van der Waals surface area (Å²) < 4.78 is 5.36. The Labute approximate surface area is 142 Å². The minimum Gasteiger partial charge on any atom is -0.423 e. The molecule has 2 unspecified atom stereocenters. The van der Waals surface area contributed by atoms with Crippen molar-refractivity contribution in [2.75, 3.05) is 26.2 Å². The van der Waals surface area contributed by atoms with Crippen molar-refractivity contribution in [3.63, 3.8) is 0 Å². The molecule has 4 nitrogen and oxygen atoms in total. The third-order valence-corrected chi connectivity index (χ3v) is 5.17. The zero-order chi connectivity index (χ0) is 15.1.